The van der Waals surface area contributed by atoms with E-state index < -0.39 is 9.84 Å². The van der Waals surface area contributed by atoms with Crippen LogP contribution in [-0.4, -0.2) is 29.5 Å². The highest BCUT2D eigenvalue weighted by molar-refractivity contribution is 7.91. The largest absolute Gasteiger partial charge is 0.326 e. The van der Waals surface area contributed by atoms with Crippen LogP contribution >= 0.6 is 11.6 Å². The first-order chi connectivity index (χ1) is 9.44. The fraction of sp³-hybridized carbons (Fsp3) is 0.462. The molecule has 0 amide bonds. The normalized spacial score (nSPS) is 22.1. The molecule has 1 fully saturated rings. The number of hydrogen-bond acceptors (Lipinski definition) is 3. The molecule has 3 rings (SSSR count). The lowest BCUT2D eigenvalue weighted by atomic mass is 10.1. The number of benzene rings is 1. The second-order valence-corrected chi connectivity index (χ2v) is 7.99. The molecule has 1 N–H and O–H groups in total. The Kier molecular flexibility index (Phi) is 3.38. The number of fused-ring (bicyclic) bond motifs is 1. The third kappa shape index (κ3) is 2.62. The van der Waals surface area contributed by atoms with E-state index in [-0.39, 0.29) is 23.1 Å². The Hall–Kier alpha value is -1.27. The summed E-state index contributed by atoms with van der Waals surface area (Å²) in [6, 6.07) is 5.21. The van der Waals surface area contributed by atoms with Crippen LogP contribution in [0.1, 0.15) is 12.8 Å². The maximum Gasteiger partial charge on any atom is 0.326 e. The lowest BCUT2D eigenvalue weighted by Gasteiger charge is -2.22. The lowest BCUT2D eigenvalue weighted by molar-refractivity contribution is 0.427. The number of hydrogen-bond donors (Lipinski definition) is 1. The zero-order valence-electron chi connectivity index (χ0n) is 10.8. The number of nitrogens with one attached hydrogen (secondary N) is 1. The van der Waals surface area contributed by atoms with Gasteiger partial charge in [-0.1, -0.05) is 11.6 Å². The third-order valence-corrected chi connectivity index (χ3v) is 5.86. The van der Waals surface area contributed by atoms with Crippen LogP contribution in [-0.2, 0) is 16.4 Å². The molecule has 1 aliphatic rings. The van der Waals surface area contributed by atoms with Crippen LogP contribution < -0.4 is 5.69 Å². The molecule has 2 aromatic rings. The number of H-pyrrole nitrogens is 1. The van der Waals surface area contributed by atoms with E-state index in [0.29, 0.717) is 23.5 Å². The van der Waals surface area contributed by atoms with E-state index >= 15 is 0 Å². The summed E-state index contributed by atoms with van der Waals surface area (Å²) in [5.74, 6) is 0.433. The van der Waals surface area contributed by atoms with Crippen LogP contribution in [0.15, 0.2) is 23.0 Å². The summed E-state index contributed by atoms with van der Waals surface area (Å²) in [5.41, 5.74) is 1.23. The molecule has 7 heteroatoms. The van der Waals surface area contributed by atoms with Crippen LogP contribution in [0.2, 0.25) is 5.02 Å². The van der Waals surface area contributed by atoms with Crippen molar-refractivity contribution in [2.75, 3.05) is 11.5 Å². The van der Waals surface area contributed by atoms with Gasteiger partial charge in [-0.05, 0) is 37.0 Å². The van der Waals surface area contributed by atoms with Crippen LogP contribution in [0.5, 0.6) is 0 Å². The van der Waals surface area contributed by atoms with Gasteiger partial charge in [0, 0.05) is 11.6 Å². The van der Waals surface area contributed by atoms with E-state index in [1.807, 2.05) is 0 Å². The smallest absolute Gasteiger partial charge is 0.305 e. The van der Waals surface area contributed by atoms with E-state index in [4.69, 9.17) is 11.6 Å². The maximum atomic E-state index is 12.0. The van der Waals surface area contributed by atoms with Crippen molar-refractivity contribution in [1.29, 1.82) is 0 Å². The molecule has 1 unspecified atom stereocenters. The first kappa shape index (κ1) is 13.7. The van der Waals surface area contributed by atoms with E-state index in [1.165, 1.54) is 0 Å². The zero-order chi connectivity index (χ0) is 14.3. The molecule has 2 heterocycles. The molecule has 1 aromatic carbocycles. The van der Waals surface area contributed by atoms with Gasteiger partial charge >= 0.3 is 5.69 Å². The van der Waals surface area contributed by atoms with Crippen molar-refractivity contribution >= 4 is 32.5 Å². The number of nitrogens with zero attached hydrogens (tertiary/aromatic N) is 1. The minimum atomic E-state index is -2.95. The van der Waals surface area contributed by atoms with Gasteiger partial charge in [0.1, 0.15) is 0 Å². The molecule has 1 atom stereocenters. The van der Waals surface area contributed by atoms with Gasteiger partial charge in [0.15, 0.2) is 9.84 Å². The van der Waals surface area contributed by atoms with Gasteiger partial charge in [-0.15, -0.1) is 0 Å². The SMILES string of the molecule is O=c1[nH]c2cc(Cl)ccc2n1CC1CCCS(=O)(=O)C1. The fourth-order valence-corrected chi connectivity index (χ4v) is 4.77. The Labute approximate surface area is 121 Å². The Balaban J connectivity index is 1.95. The number of sulfone groups is 1. The summed E-state index contributed by atoms with van der Waals surface area (Å²) in [7, 11) is -2.95. The zero-order valence-corrected chi connectivity index (χ0v) is 12.4. The lowest BCUT2D eigenvalue weighted by Crippen LogP contribution is -2.30. The number of aromatic amines is 1. The van der Waals surface area contributed by atoms with Crippen molar-refractivity contribution in [3.63, 3.8) is 0 Å². The summed E-state index contributed by atoms with van der Waals surface area (Å²) in [4.78, 5) is 14.8. The Morgan fingerprint density at radius 1 is 1.40 bits per heavy atom. The molecule has 1 saturated heterocycles. The van der Waals surface area contributed by atoms with Crippen LogP contribution in [0.25, 0.3) is 11.0 Å². The van der Waals surface area contributed by atoms with E-state index in [0.717, 1.165) is 11.9 Å². The Bertz CT molecular complexity index is 807. The summed E-state index contributed by atoms with van der Waals surface area (Å²) in [6.07, 6.45) is 1.52. The average Bonchev–Trinajstić information content (AvgIpc) is 2.64. The standard InChI is InChI=1S/C13H15ClN2O3S/c14-10-3-4-12-11(6-10)15-13(17)16(12)7-9-2-1-5-20(18,19)8-9/h3-4,6,9H,1-2,5,7-8H2,(H,15,17). The molecule has 0 radical (unpaired) electrons. The van der Waals surface area contributed by atoms with Gasteiger partial charge < -0.3 is 4.98 Å². The van der Waals surface area contributed by atoms with Crippen molar-refractivity contribution in [3.8, 4) is 0 Å². The molecule has 0 saturated carbocycles. The molecule has 0 spiro atoms. The number of rotatable bonds is 2. The second kappa shape index (κ2) is 4.93. The van der Waals surface area contributed by atoms with E-state index in [9.17, 15) is 13.2 Å². The quantitative estimate of drug-likeness (QED) is 0.919. The minimum Gasteiger partial charge on any atom is -0.305 e. The van der Waals surface area contributed by atoms with Crippen molar-refractivity contribution in [2.24, 2.45) is 5.92 Å². The van der Waals surface area contributed by atoms with Crippen LogP contribution in [0.4, 0.5) is 0 Å². The van der Waals surface area contributed by atoms with Gasteiger partial charge in [-0.3, -0.25) is 4.57 Å². The van der Waals surface area contributed by atoms with Gasteiger partial charge in [0.05, 0.1) is 22.5 Å². The summed E-state index contributed by atoms with van der Waals surface area (Å²) in [6.45, 7) is 0.430. The summed E-state index contributed by atoms with van der Waals surface area (Å²) < 4.78 is 24.9. The summed E-state index contributed by atoms with van der Waals surface area (Å²) >= 11 is 5.90. The third-order valence-electron chi connectivity index (χ3n) is 3.73. The monoisotopic (exact) mass is 314 g/mol. The fourth-order valence-electron chi connectivity index (χ4n) is 2.84. The van der Waals surface area contributed by atoms with Gasteiger partial charge in [0.2, 0.25) is 0 Å². The van der Waals surface area contributed by atoms with Crippen molar-refractivity contribution in [3.05, 3.63) is 33.7 Å². The first-order valence-corrected chi connectivity index (χ1v) is 8.73. The van der Waals surface area contributed by atoms with E-state index in [1.54, 1.807) is 22.8 Å². The number of aromatic nitrogens is 2. The topological polar surface area (TPSA) is 71.9 Å². The van der Waals surface area contributed by atoms with Gasteiger partial charge in [-0.2, -0.15) is 0 Å². The van der Waals surface area contributed by atoms with Gasteiger partial charge in [0.25, 0.3) is 0 Å². The molecular weight excluding hydrogens is 300 g/mol. The molecule has 1 aromatic heterocycles. The highest BCUT2D eigenvalue weighted by Crippen LogP contribution is 2.22. The van der Waals surface area contributed by atoms with E-state index in [2.05, 4.69) is 4.98 Å². The molecule has 1 aliphatic heterocycles. The predicted octanol–water partition coefficient (Wildman–Crippen LogP) is 1.81. The Morgan fingerprint density at radius 3 is 2.95 bits per heavy atom. The summed E-state index contributed by atoms with van der Waals surface area (Å²) in [5, 5.41) is 0.561. The molecular formula is C13H15ClN2O3S. The highest BCUT2D eigenvalue weighted by atomic mass is 35.5. The first-order valence-electron chi connectivity index (χ1n) is 6.53. The van der Waals surface area contributed by atoms with Crippen molar-refractivity contribution < 1.29 is 8.42 Å². The highest BCUT2D eigenvalue weighted by Gasteiger charge is 2.25. The van der Waals surface area contributed by atoms with Crippen molar-refractivity contribution in [2.45, 2.75) is 19.4 Å². The molecule has 20 heavy (non-hydrogen) atoms. The molecule has 0 bridgehead atoms. The van der Waals surface area contributed by atoms with Crippen LogP contribution in [0.3, 0.4) is 0 Å². The van der Waals surface area contributed by atoms with Crippen LogP contribution in [0, 0.1) is 5.92 Å². The Morgan fingerprint density at radius 2 is 2.20 bits per heavy atom. The molecule has 5 nitrogen and oxygen atoms in total. The molecule has 0 aliphatic carbocycles. The predicted molar refractivity (Wildman–Crippen MR) is 78.9 cm³/mol. The van der Waals surface area contributed by atoms with Crippen molar-refractivity contribution in [1.82, 2.24) is 9.55 Å². The molecule has 108 valence electrons. The minimum absolute atomic E-state index is 0.00104. The number of halogens is 1. The average molecular weight is 315 g/mol. The number of imidazole rings is 1. The van der Waals surface area contributed by atoms with Gasteiger partial charge in [-0.25, -0.2) is 13.2 Å². The second-order valence-electron chi connectivity index (χ2n) is 5.32. The maximum absolute atomic E-state index is 12.0.